The van der Waals surface area contributed by atoms with Crippen LogP contribution in [0.25, 0.3) is 6.08 Å². The Morgan fingerprint density at radius 3 is 2.47 bits per heavy atom. The Kier molecular flexibility index (Phi) is 8.74. The van der Waals surface area contributed by atoms with E-state index in [1.54, 1.807) is 30.3 Å². The molecule has 0 radical (unpaired) electrons. The molecule has 0 aromatic heterocycles. The molecular formula is C25H19BrN4O6. The Bertz CT molecular complexity index is 1370. The molecule has 10 nitrogen and oxygen atoms in total. The zero-order valence-electron chi connectivity index (χ0n) is 18.9. The number of amides is 2. The summed E-state index contributed by atoms with van der Waals surface area (Å²) in [6, 6.07) is 19.2. The number of para-hydroxylation sites is 1. The monoisotopic (exact) mass is 550 g/mol. The highest BCUT2D eigenvalue weighted by molar-refractivity contribution is 9.10. The summed E-state index contributed by atoms with van der Waals surface area (Å²) in [7, 11) is 1.41. The topological polar surface area (TPSA) is 144 Å². The summed E-state index contributed by atoms with van der Waals surface area (Å²) in [5.41, 5.74) is 0.797. The summed E-state index contributed by atoms with van der Waals surface area (Å²) >= 11 is 3.37. The molecule has 0 fully saturated rings. The van der Waals surface area contributed by atoms with Crippen LogP contribution in [0.3, 0.4) is 0 Å². The predicted molar refractivity (Wildman–Crippen MR) is 137 cm³/mol. The van der Waals surface area contributed by atoms with Crippen LogP contribution in [-0.4, -0.2) is 30.5 Å². The smallest absolute Gasteiger partial charge is 0.271 e. The number of nitro groups is 1. The first-order valence-electron chi connectivity index (χ1n) is 10.3. The van der Waals surface area contributed by atoms with Crippen molar-refractivity contribution in [3.8, 4) is 17.6 Å². The van der Waals surface area contributed by atoms with E-state index in [0.29, 0.717) is 15.7 Å². The third-order valence-corrected chi connectivity index (χ3v) is 5.24. The van der Waals surface area contributed by atoms with E-state index in [9.17, 15) is 25.0 Å². The quantitative estimate of drug-likeness (QED) is 0.166. The van der Waals surface area contributed by atoms with E-state index in [2.05, 4.69) is 26.6 Å². The molecule has 2 N–H and O–H groups in total. The van der Waals surface area contributed by atoms with Gasteiger partial charge in [0.05, 0.1) is 16.5 Å². The van der Waals surface area contributed by atoms with Crippen molar-refractivity contribution in [2.45, 2.75) is 0 Å². The Morgan fingerprint density at radius 1 is 1.08 bits per heavy atom. The number of ether oxygens (including phenoxy) is 2. The lowest BCUT2D eigenvalue weighted by atomic mass is 10.1. The fourth-order valence-electron chi connectivity index (χ4n) is 3.03. The van der Waals surface area contributed by atoms with E-state index in [0.717, 1.165) is 0 Å². The van der Waals surface area contributed by atoms with Gasteiger partial charge in [-0.3, -0.25) is 19.7 Å². The molecule has 182 valence electrons. The summed E-state index contributed by atoms with van der Waals surface area (Å²) in [6.07, 6.45) is 1.33. The van der Waals surface area contributed by atoms with Gasteiger partial charge in [0.1, 0.15) is 11.6 Å². The van der Waals surface area contributed by atoms with Crippen molar-refractivity contribution >= 4 is 50.9 Å². The van der Waals surface area contributed by atoms with Crippen LogP contribution in [-0.2, 0) is 9.59 Å². The summed E-state index contributed by atoms with van der Waals surface area (Å²) in [5.74, 6) is -0.591. The molecule has 2 amide bonds. The average molecular weight is 551 g/mol. The Balaban J connectivity index is 1.75. The molecule has 0 heterocycles. The summed E-state index contributed by atoms with van der Waals surface area (Å²) in [4.78, 5) is 35.1. The van der Waals surface area contributed by atoms with Crippen molar-refractivity contribution < 1.29 is 24.0 Å². The van der Waals surface area contributed by atoms with Gasteiger partial charge in [-0.2, -0.15) is 5.26 Å². The van der Waals surface area contributed by atoms with E-state index < -0.39 is 10.8 Å². The number of carbonyl (C=O) groups excluding carboxylic acids is 2. The van der Waals surface area contributed by atoms with E-state index in [-0.39, 0.29) is 41.0 Å². The number of hydrogen-bond acceptors (Lipinski definition) is 7. The molecule has 0 aliphatic carbocycles. The van der Waals surface area contributed by atoms with Gasteiger partial charge in [0.2, 0.25) is 0 Å². The van der Waals surface area contributed by atoms with Crippen LogP contribution in [0.15, 0.2) is 76.8 Å². The SMILES string of the molecule is COc1cc(/C=C(\C#N)C(=O)Nc2cccc([N+](=O)[O-])c2)cc(Br)c1OCC(=O)Nc1ccccc1. The van der Waals surface area contributed by atoms with Gasteiger partial charge in [0, 0.05) is 23.5 Å². The van der Waals surface area contributed by atoms with Gasteiger partial charge in [0.25, 0.3) is 17.5 Å². The number of nitro benzene ring substituents is 1. The summed E-state index contributed by atoms with van der Waals surface area (Å²) in [5, 5.41) is 25.6. The molecular weight excluding hydrogens is 532 g/mol. The fourth-order valence-corrected chi connectivity index (χ4v) is 3.60. The van der Waals surface area contributed by atoms with Gasteiger partial charge in [-0.05, 0) is 57.9 Å². The fraction of sp³-hybridized carbons (Fsp3) is 0.0800. The Hall–Kier alpha value is -4.69. The van der Waals surface area contributed by atoms with Crippen LogP contribution in [0.1, 0.15) is 5.56 Å². The molecule has 0 saturated carbocycles. The standard InChI is InChI=1S/C25H19BrN4O6/c1-35-22-12-16(10-17(14-27)25(32)29-19-8-5-9-20(13-19)30(33)34)11-21(26)24(22)36-15-23(31)28-18-6-3-2-4-7-18/h2-13H,15H2,1H3,(H,28,31)(H,29,32)/b17-10+. The van der Waals surface area contributed by atoms with Gasteiger partial charge >= 0.3 is 0 Å². The molecule has 0 aliphatic rings. The largest absolute Gasteiger partial charge is 0.493 e. The molecule has 0 atom stereocenters. The summed E-state index contributed by atoms with van der Waals surface area (Å²) in [6.45, 7) is -0.284. The second-order valence-corrected chi connectivity index (χ2v) is 8.02. The van der Waals surface area contributed by atoms with Crippen LogP contribution in [0, 0.1) is 21.4 Å². The Morgan fingerprint density at radius 2 is 1.81 bits per heavy atom. The number of nitrogens with zero attached hydrogens (tertiary/aromatic N) is 2. The number of rotatable bonds is 9. The van der Waals surface area contributed by atoms with Gasteiger partial charge in [-0.25, -0.2) is 0 Å². The molecule has 36 heavy (non-hydrogen) atoms. The number of nitriles is 1. The normalized spacial score (nSPS) is 10.6. The van der Waals surface area contributed by atoms with Gasteiger partial charge in [-0.1, -0.05) is 24.3 Å². The van der Waals surface area contributed by atoms with Gasteiger partial charge < -0.3 is 20.1 Å². The van der Waals surface area contributed by atoms with Crippen molar-refractivity contribution in [1.29, 1.82) is 5.26 Å². The number of carbonyl (C=O) groups is 2. The molecule has 3 rings (SSSR count). The maximum absolute atomic E-state index is 12.6. The second kappa shape index (κ2) is 12.1. The highest BCUT2D eigenvalue weighted by Crippen LogP contribution is 2.37. The van der Waals surface area contributed by atoms with Gasteiger partial charge in [0.15, 0.2) is 18.1 Å². The van der Waals surface area contributed by atoms with E-state index in [1.807, 2.05) is 12.1 Å². The van der Waals surface area contributed by atoms with Crippen molar-refractivity contribution in [2.24, 2.45) is 0 Å². The number of halogens is 1. The number of hydrogen-bond donors (Lipinski definition) is 2. The predicted octanol–water partition coefficient (Wildman–Crippen LogP) is 4.93. The van der Waals surface area contributed by atoms with Crippen LogP contribution in [0.2, 0.25) is 0 Å². The van der Waals surface area contributed by atoms with Crippen molar-refractivity contribution in [2.75, 3.05) is 24.4 Å². The second-order valence-electron chi connectivity index (χ2n) is 7.17. The molecule has 0 saturated heterocycles. The first-order valence-corrected chi connectivity index (χ1v) is 11.1. The number of non-ortho nitro benzene ring substituents is 1. The molecule has 0 bridgehead atoms. The molecule has 3 aromatic rings. The first-order chi connectivity index (χ1) is 17.3. The lowest BCUT2D eigenvalue weighted by Crippen LogP contribution is -2.20. The zero-order chi connectivity index (χ0) is 26.1. The highest BCUT2D eigenvalue weighted by Gasteiger charge is 2.16. The van der Waals surface area contributed by atoms with E-state index in [4.69, 9.17) is 9.47 Å². The maximum Gasteiger partial charge on any atom is 0.271 e. The average Bonchev–Trinajstić information content (AvgIpc) is 2.86. The number of benzene rings is 3. The minimum atomic E-state index is -0.744. The van der Waals surface area contributed by atoms with Crippen molar-refractivity contribution in [1.82, 2.24) is 0 Å². The Labute approximate surface area is 214 Å². The zero-order valence-corrected chi connectivity index (χ0v) is 20.4. The molecule has 11 heteroatoms. The first kappa shape index (κ1) is 25.9. The summed E-state index contributed by atoms with van der Waals surface area (Å²) < 4.78 is 11.4. The maximum atomic E-state index is 12.6. The van der Waals surface area contributed by atoms with Crippen LogP contribution >= 0.6 is 15.9 Å². The van der Waals surface area contributed by atoms with E-state index >= 15 is 0 Å². The van der Waals surface area contributed by atoms with Gasteiger partial charge in [-0.15, -0.1) is 0 Å². The number of methoxy groups -OCH3 is 1. The minimum absolute atomic E-state index is 0.173. The number of anilines is 2. The molecule has 3 aromatic carbocycles. The third-order valence-electron chi connectivity index (χ3n) is 4.65. The van der Waals surface area contributed by atoms with Crippen molar-refractivity contribution in [3.63, 3.8) is 0 Å². The minimum Gasteiger partial charge on any atom is -0.493 e. The van der Waals surface area contributed by atoms with Crippen molar-refractivity contribution in [3.05, 3.63) is 92.5 Å². The van der Waals surface area contributed by atoms with Crippen LogP contribution in [0.5, 0.6) is 11.5 Å². The third kappa shape index (κ3) is 6.91. The van der Waals surface area contributed by atoms with Crippen LogP contribution in [0.4, 0.5) is 17.1 Å². The van der Waals surface area contributed by atoms with Crippen LogP contribution < -0.4 is 20.1 Å². The number of nitrogens with one attached hydrogen (secondary N) is 2. The molecule has 0 aliphatic heterocycles. The molecule has 0 spiro atoms. The lowest BCUT2D eigenvalue weighted by molar-refractivity contribution is -0.384. The van der Waals surface area contributed by atoms with E-state index in [1.165, 1.54) is 43.5 Å². The highest BCUT2D eigenvalue weighted by atomic mass is 79.9. The molecule has 0 unspecified atom stereocenters. The lowest BCUT2D eigenvalue weighted by Gasteiger charge is -2.14.